The van der Waals surface area contributed by atoms with Crippen LogP contribution in [0.15, 0.2) is 206 Å². The number of para-hydroxylation sites is 3. The lowest BCUT2D eigenvalue weighted by molar-refractivity contribution is 0.483. The predicted molar refractivity (Wildman–Crippen MR) is 294 cm³/mol. The second kappa shape index (κ2) is 17.3. The van der Waals surface area contributed by atoms with Crippen molar-refractivity contribution in [1.29, 1.82) is 0 Å². The fourth-order valence-corrected chi connectivity index (χ4v) is 10.2. The molecule has 0 aliphatic carbocycles. The lowest BCUT2D eigenvalue weighted by Gasteiger charge is -2.30. The third-order valence-electron chi connectivity index (χ3n) is 14.3. The van der Waals surface area contributed by atoms with E-state index in [2.05, 4.69) is 270 Å². The third-order valence-corrected chi connectivity index (χ3v) is 14.3. The number of nitrogens with zero attached hydrogens (tertiary/aromatic N) is 4. The highest BCUT2D eigenvalue weighted by molar-refractivity contribution is 6.09. The summed E-state index contributed by atoms with van der Waals surface area (Å²) in [6.07, 6.45) is 1.93. The fourth-order valence-electron chi connectivity index (χ4n) is 10.2. The van der Waals surface area contributed by atoms with Crippen LogP contribution in [-0.2, 0) is 16.2 Å². The summed E-state index contributed by atoms with van der Waals surface area (Å²) in [5.41, 5.74) is 16.3. The van der Waals surface area contributed by atoms with Gasteiger partial charge in [0.2, 0.25) is 0 Å². The first-order chi connectivity index (χ1) is 33.7. The van der Waals surface area contributed by atoms with E-state index >= 15 is 0 Å². The summed E-state index contributed by atoms with van der Waals surface area (Å²) in [7, 11) is 0. The Morgan fingerprint density at radius 2 is 1.06 bits per heavy atom. The van der Waals surface area contributed by atoms with Crippen molar-refractivity contribution >= 4 is 44.6 Å². The Bertz CT molecular complexity index is 3560. The Hall–Kier alpha value is -7.89. The summed E-state index contributed by atoms with van der Waals surface area (Å²) in [6.45, 7) is 18.9. The molecule has 3 heterocycles. The molecule has 1 aliphatic heterocycles. The van der Waals surface area contributed by atoms with Gasteiger partial charge in [-0.25, -0.2) is 4.98 Å². The van der Waals surface area contributed by atoms with E-state index in [1.165, 1.54) is 55.6 Å². The molecule has 0 bridgehead atoms. The predicted octanol–water partition coefficient (Wildman–Crippen LogP) is 17.5. The quantitative estimate of drug-likeness (QED) is 0.144. The molecule has 5 heteroatoms. The topological polar surface area (TPSA) is 33.5 Å². The highest BCUT2D eigenvalue weighted by Gasteiger charge is 2.32. The maximum Gasteiger partial charge on any atom is 0.137 e. The number of benzene rings is 8. The largest absolute Gasteiger partial charge is 0.457 e. The second-order valence-corrected chi connectivity index (χ2v) is 21.4. The van der Waals surface area contributed by atoms with Gasteiger partial charge in [-0.15, -0.1) is 0 Å². The van der Waals surface area contributed by atoms with Crippen LogP contribution in [0.25, 0.3) is 49.9 Å². The zero-order chi connectivity index (χ0) is 48.4. The monoisotopic (exact) mass is 912 g/mol. The molecule has 0 saturated carbocycles. The van der Waals surface area contributed by atoms with Gasteiger partial charge in [0.1, 0.15) is 24.0 Å². The van der Waals surface area contributed by atoms with Crippen molar-refractivity contribution in [2.75, 3.05) is 16.5 Å². The van der Waals surface area contributed by atoms with Gasteiger partial charge in [0.15, 0.2) is 0 Å². The zero-order valence-electron chi connectivity index (χ0n) is 41.5. The van der Waals surface area contributed by atoms with Gasteiger partial charge in [0, 0.05) is 45.8 Å². The minimum absolute atomic E-state index is 0.0139. The van der Waals surface area contributed by atoms with Crippen LogP contribution < -0.4 is 14.5 Å². The maximum atomic E-state index is 6.83. The SMILES string of the molecule is CC(C)(C)c1ccnc(-n2c3ccccc3c3ccc(Oc4cccc(N5CN(c6cc(C(C)(C)C)ccc6-c6cc(-c7ccccc7)cc(C(C)(C)c7ccccc7)c6)c6ccccc65)c4)cc32)c1. The average molecular weight is 913 g/mol. The fraction of sp³-hybridized carbons (Fsp3) is 0.185. The van der Waals surface area contributed by atoms with Crippen molar-refractivity contribution < 1.29 is 4.74 Å². The van der Waals surface area contributed by atoms with Gasteiger partial charge in [-0.05, 0) is 117 Å². The molecule has 0 saturated heterocycles. The lowest BCUT2D eigenvalue weighted by Crippen LogP contribution is -2.25. The number of rotatable bonds is 9. The number of aromatic nitrogens is 2. The van der Waals surface area contributed by atoms with Crippen LogP contribution in [0.5, 0.6) is 11.5 Å². The van der Waals surface area contributed by atoms with Crippen LogP contribution in [0, 0.1) is 0 Å². The average Bonchev–Trinajstić information content (AvgIpc) is 3.92. The molecule has 11 rings (SSSR count). The van der Waals surface area contributed by atoms with Gasteiger partial charge in [-0.2, -0.15) is 0 Å². The summed E-state index contributed by atoms with van der Waals surface area (Å²) in [5, 5.41) is 2.34. The van der Waals surface area contributed by atoms with Crippen LogP contribution >= 0.6 is 0 Å². The van der Waals surface area contributed by atoms with Gasteiger partial charge >= 0.3 is 0 Å². The third kappa shape index (κ3) is 8.19. The molecule has 0 amide bonds. The summed E-state index contributed by atoms with van der Waals surface area (Å²) in [6, 6.07) is 72.6. The van der Waals surface area contributed by atoms with E-state index < -0.39 is 0 Å². The molecule has 0 N–H and O–H groups in total. The first-order valence-corrected chi connectivity index (χ1v) is 24.5. The molecule has 8 aromatic carbocycles. The van der Waals surface area contributed by atoms with Crippen molar-refractivity contribution in [2.45, 2.75) is 71.6 Å². The molecule has 10 aromatic rings. The van der Waals surface area contributed by atoms with E-state index in [0.717, 1.165) is 50.8 Å². The van der Waals surface area contributed by atoms with Crippen molar-refractivity contribution in [3.05, 3.63) is 229 Å². The second-order valence-electron chi connectivity index (χ2n) is 21.4. The normalized spacial score (nSPS) is 13.0. The summed E-state index contributed by atoms with van der Waals surface area (Å²) < 4.78 is 9.09. The molecule has 1 aliphatic rings. The molecular formula is C65H60N4O. The Kier molecular flexibility index (Phi) is 11.0. The van der Waals surface area contributed by atoms with Gasteiger partial charge in [0.25, 0.3) is 0 Å². The van der Waals surface area contributed by atoms with E-state index in [-0.39, 0.29) is 16.2 Å². The van der Waals surface area contributed by atoms with E-state index in [1.54, 1.807) is 0 Å². The van der Waals surface area contributed by atoms with Crippen LogP contribution in [0.2, 0.25) is 0 Å². The Morgan fingerprint density at radius 1 is 0.414 bits per heavy atom. The number of anilines is 4. The van der Waals surface area contributed by atoms with Crippen LogP contribution in [0.4, 0.5) is 22.7 Å². The molecule has 0 unspecified atom stereocenters. The van der Waals surface area contributed by atoms with E-state index in [1.807, 2.05) is 6.20 Å². The summed E-state index contributed by atoms with van der Waals surface area (Å²) in [4.78, 5) is 9.82. The Labute approximate surface area is 413 Å². The number of pyridine rings is 1. The van der Waals surface area contributed by atoms with Crippen LogP contribution in [0.1, 0.15) is 77.6 Å². The number of hydrogen-bond acceptors (Lipinski definition) is 4. The number of fused-ring (bicyclic) bond motifs is 4. The Morgan fingerprint density at radius 3 is 1.81 bits per heavy atom. The highest BCUT2D eigenvalue weighted by atomic mass is 16.5. The van der Waals surface area contributed by atoms with Crippen molar-refractivity contribution in [3.8, 4) is 39.6 Å². The van der Waals surface area contributed by atoms with E-state index in [0.29, 0.717) is 6.67 Å². The van der Waals surface area contributed by atoms with Crippen molar-refractivity contribution in [3.63, 3.8) is 0 Å². The van der Waals surface area contributed by atoms with Gasteiger partial charge < -0.3 is 14.5 Å². The highest BCUT2D eigenvalue weighted by Crippen LogP contribution is 2.49. The first kappa shape index (κ1) is 44.6. The van der Waals surface area contributed by atoms with Gasteiger partial charge in [-0.1, -0.05) is 177 Å². The zero-order valence-corrected chi connectivity index (χ0v) is 41.5. The standard InChI is InChI=1S/C65H60N4O/c1-63(2,3)48-30-32-54(46-36-45(44-20-11-9-12-21-44)37-50(38-46)65(7,8)47-22-13-10-14-23-47)60(39-48)68-43-67(58-28-17-18-29-59(58)68)51-24-19-25-52(41-51)70-53-31-33-56-55-26-15-16-27-57(55)69(61(56)42-53)62-40-49(34-35-66-62)64(4,5)6/h9-42H,43H2,1-8H3. The minimum Gasteiger partial charge on any atom is -0.457 e. The van der Waals surface area contributed by atoms with Crippen molar-refractivity contribution in [2.24, 2.45) is 0 Å². The van der Waals surface area contributed by atoms with Gasteiger partial charge in [0.05, 0.1) is 28.1 Å². The summed E-state index contributed by atoms with van der Waals surface area (Å²) in [5.74, 6) is 2.43. The first-order valence-electron chi connectivity index (χ1n) is 24.5. The molecule has 0 spiro atoms. The lowest BCUT2D eigenvalue weighted by atomic mass is 9.76. The molecule has 5 nitrogen and oxygen atoms in total. The molecular weight excluding hydrogens is 853 g/mol. The minimum atomic E-state index is -0.240. The smallest absolute Gasteiger partial charge is 0.137 e. The number of ether oxygens (including phenoxy) is 1. The molecule has 346 valence electrons. The van der Waals surface area contributed by atoms with Crippen LogP contribution in [0.3, 0.4) is 0 Å². The Balaban J connectivity index is 0.984. The molecule has 2 aromatic heterocycles. The molecule has 70 heavy (non-hydrogen) atoms. The van der Waals surface area contributed by atoms with E-state index in [4.69, 9.17) is 9.72 Å². The molecule has 0 atom stereocenters. The molecule has 0 fully saturated rings. The summed E-state index contributed by atoms with van der Waals surface area (Å²) >= 11 is 0. The van der Waals surface area contributed by atoms with Crippen molar-refractivity contribution in [1.82, 2.24) is 9.55 Å². The maximum absolute atomic E-state index is 6.83. The molecule has 0 radical (unpaired) electrons. The van der Waals surface area contributed by atoms with E-state index in [9.17, 15) is 0 Å². The van der Waals surface area contributed by atoms with Crippen LogP contribution in [-0.4, -0.2) is 16.2 Å². The number of hydrogen-bond donors (Lipinski definition) is 0. The van der Waals surface area contributed by atoms with Gasteiger partial charge in [-0.3, -0.25) is 4.57 Å².